The summed E-state index contributed by atoms with van der Waals surface area (Å²) in [4.78, 5) is 12.8. The van der Waals surface area contributed by atoms with E-state index in [2.05, 4.69) is 5.32 Å². The standard InChI is InChI=1S/C23H23ClN2O5S/c1-16-4-13-21(31-3)22(14-16)32(28,29)26(19-9-11-20(30-2)12-10-19)15-23(27)25-18-7-5-17(24)6-8-18/h4-14H,15H2,1-3H3,(H,25,27). The lowest BCUT2D eigenvalue weighted by Gasteiger charge is -2.25. The van der Waals surface area contributed by atoms with Gasteiger partial charge in [0.15, 0.2) is 0 Å². The summed E-state index contributed by atoms with van der Waals surface area (Å²) >= 11 is 5.88. The smallest absolute Gasteiger partial charge is 0.268 e. The molecule has 0 aliphatic heterocycles. The summed E-state index contributed by atoms with van der Waals surface area (Å²) < 4.78 is 38.8. The average Bonchev–Trinajstić information content (AvgIpc) is 2.79. The number of sulfonamides is 1. The zero-order chi connectivity index (χ0) is 23.3. The van der Waals surface area contributed by atoms with Crippen molar-refractivity contribution in [3.05, 3.63) is 77.3 Å². The molecule has 7 nitrogen and oxygen atoms in total. The molecule has 3 rings (SSSR count). The molecule has 0 aromatic heterocycles. The maximum absolute atomic E-state index is 13.7. The molecule has 0 bridgehead atoms. The fraction of sp³-hybridized carbons (Fsp3) is 0.174. The number of ether oxygens (including phenoxy) is 2. The molecule has 0 fully saturated rings. The van der Waals surface area contributed by atoms with Crippen molar-refractivity contribution in [2.24, 2.45) is 0 Å². The monoisotopic (exact) mass is 474 g/mol. The predicted octanol–water partition coefficient (Wildman–Crippen LogP) is 4.50. The zero-order valence-electron chi connectivity index (χ0n) is 17.8. The summed E-state index contributed by atoms with van der Waals surface area (Å²) in [7, 11) is -1.24. The van der Waals surface area contributed by atoms with Gasteiger partial charge in [-0.25, -0.2) is 8.42 Å². The van der Waals surface area contributed by atoms with Gasteiger partial charge in [0.05, 0.1) is 19.9 Å². The number of anilines is 2. The van der Waals surface area contributed by atoms with E-state index < -0.39 is 22.5 Å². The van der Waals surface area contributed by atoms with Crippen molar-refractivity contribution >= 4 is 38.9 Å². The Bertz CT molecular complexity index is 1200. The molecule has 0 aliphatic carbocycles. The molecule has 3 aromatic carbocycles. The van der Waals surface area contributed by atoms with Crippen molar-refractivity contribution in [2.75, 3.05) is 30.4 Å². The highest BCUT2D eigenvalue weighted by Crippen LogP contribution is 2.31. The summed E-state index contributed by atoms with van der Waals surface area (Å²) in [5.74, 6) is 0.232. The van der Waals surface area contributed by atoms with Gasteiger partial charge in [-0.2, -0.15) is 0 Å². The van der Waals surface area contributed by atoms with E-state index in [1.807, 2.05) is 0 Å². The first-order valence-electron chi connectivity index (χ1n) is 9.61. The number of aryl methyl sites for hydroxylation is 1. The van der Waals surface area contributed by atoms with Gasteiger partial charge in [-0.1, -0.05) is 17.7 Å². The highest BCUT2D eigenvalue weighted by Gasteiger charge is 2.30. The molecule has 0 aliphatic rings. The Balaban J connectivity index is 2.01. The third-order valence-electron chi connectivity index (χ3n) is 4.66. The van der Waals surface area contributed by atoms with E-state index in [9.17, 15) is 13.2 Å². The Morgan fingerprint density at radius 2 is 1.62 bits per heavy atom. The summed E-state index contributed by atoms with van der Waals surface area (Å²) in [5, 5.41) is 3.22. The van der Waals surface area contributed by atoms with E-state index in [1.165, 1.54) is 20.3 Å². The summed E-state index contributed by atoms with van der Waals surface area (Å²) in [5.41, 5.74) is 1.55. The second-order valence-electron chi connectivity index (χ2n) is 6.92. The van der Waals surface area contributed by atoms with Gasteiger partial charge in [-0.15, -0.1) is 0 Å². The molecule has 0 heterocycles. The van der Waals surface area contributed by atoms with Gasteiger partial charge in [0.1, 0.15) is 22.9 Å². The van der Waals surface area contributed by atoms with E-state index in [1.54, 1.807) is 67.6 Å². The highest BCUT2D eigenvalue weighted by atomic mass is 35.5. The maximum Gasteiger partial charge on any atom is 0.268 e. The third-order valence-corrected chi connectivity index (χ3v) is 6.71. The highest BCUT2D eigenvalue weighted by molar-refractivity contribution is 7.93. The van der Waals surface area contributed by atoms with Gasteiger partial charge in [-0.3, -0.25) is 9.10 Å². The van der Waals surface area contributed by atoms with Crippen LogP contribution in [0.5, 0.6) is 11.5 Å². The molecule has 0 saturated carbocycles. The largest absolute Gasteiger partial charge is 0.497 e. The van der Waals surface area contributed by atoms with E-state index in [-0.39, 0.29) is 10.6 Å². The molecular formula is C23H23ClN2O5S. The minimum Gasteiger partial charge on any atom is -0.497 e. The van der Waals surface area contributed by atoms with Gasteiger partial charge in [0.25, 0.3) is 10.0 Å². The van der Waals surface area contributed by atoms with Crippen molar-refractivity contribution in [3.8, 4) is 11.5 Å². The van der Waals surface area contributed by atoms with Crippen LogP contribution in [0, 0.1) is 6.92 Å². The van der Waals surface area contributed by atoms with Crippen LogP contribution in [0.3, 0.4) is 0 Å². The normalized spacial score (nSPS) is 11.0. The second kappa shape index (κ2) is 9.93. The molecule has 1 amide bonds. The molecule has 0 spiro atoms. The first-order valence-corrected chi connectivity index (χ1v) is 11.4. The molecule has 0 saturated heterocycles. The lowest BCUT2D eigenvalue weighted by Crippen LogP contribution is -2.38. The Kier molecular flexibility index (Phi) is 7.27. The molecule has 0 radical (unpaired) electrons. The summed E-state index contributed by atoms with van der Waals surface area (Å²) in [6.07, 6.45) is 0. The number of nitrogens with one attached hydrogen (secondary N) is 1. The van der Waals surface area contributed by atoms with Crippen LogP contribution in [0.25, 0.3) is 0 Å². The molecule has 0 atom stereocenters. The molecule has 0 unspecified atom stereocenters. The molecule has 168 valence electrons. The Labute approximate surface area is 192 Å². The fourth-order valence-corrected chi connectivity index (χ4v) is 4.82. The second-order valence-corrected chi connectivity index (χ2v) is 9.19. The quantitative estimate of drug-likeness (QED) is 0.519. The number of hydrogen-bond donors (Lipinski definition) is 1. The van der Waals surface area contributed by atoms with Gasteiger partial charge in [0.2, 0.25) is 5.91 Å². The van der Waals surface area contributed by atoms with Crippen molar-refractivity contribution < 1.29 is 22.7 Å². The number of methoxy groups -OCH3 is 2. The van der Waals surface area contributed by atoms with Crippen LogP contribution in [0.15, 0.2) is 71.6 Å². The van der Waals surface area contributed by atoms with Crippen molar-refractivity contribution in [1.82, 2.24) is 0 Å². The molecular weight excluding hydrogens is 452 g/mol. The fourth-order valence-electron chi connectivity index (χ4n) is 3.03. The molecule has 1 N–H and O–H groups in total. The number of rotatable bonds is 8. The molecule has 32 heavy (non-hydrogen) atoms. The van der Waals surface area contributed by atoms with Crippen LogP contribution >= 0.6 is 11.6 Å². The first kappa shape index (κ1) is 23.4. The number of amides is 1. The summed E-state index contributed by atoms with van der Waals surface area (Å²) in [6.45, 7) is 1.33. The number of carbonyl (C=O) groups is 1. The van der Waals surface area contributed by atoms with Crippen molar-refractivity contribution in [1.29, 1.82) is 0 Å². The van der Waals surface area contributed by atoms with Crippen molar-refractivity contribution in [3.63, 3.8) is 0 Å². The first-order chi connectivity index (χ1) is 15.2. The van der Waals surface area contributed by atoms with Gasteiger partial charge in [-0.05, 0) is 73.2 Å². The minimum absolute atomic E-state index is 0.0323. The minimum atomic E-state index is -4.15. The lowest BCUT2D eigenvalue weighted by molar-refractivity contribution is -0.114. The third kappa shape index (κ3) is 5.33. The SMILES string of the molecule is COc1ccc(N(CC(=O)Nc2ccc(Cl)cc2)S(=O)(=O)c2cc(C)ccc2OC)cc1. The van der Waals surface area contributed by atoms with Gasteiger partial charge < -0.3 is 14.8 Å². The average molecular weight is 475 g/mol. The van der Waals surface area contributed by atoms with Gasteiger partial charge in [0, 0.05) is 10.7 Å². The molecule has 9 heteroatoms. The van der Waals surface area contributed by atoms with Gasteiger partial charge >= 0.3 is 0 Å². The van der Waals surface area contributed by atoms with E-state index in [0.29, 0.717) is 22.1 Å². The topological polar surface area (TPSA) is 84.9 Å². The molecule has 3 aromatic rings. The number of halogens is 1. The predicted molar refractivity (Wildman–Crippen MR) is 125 cm³/mol. The van der Waals surface area contributed by atoms with Crippen LogP contribution in [0.2, 0.25) is 5.02 Å². The Morgan fingerprint density at radius 1 is 0.969 bits per heavy atom. The number of benzene rings is 3. The van der Waals surface area contributed by atoms with Crippen molar-refractivity contribution in [2.45, 2.75) is 11.8 Å². The van der Waals surface area contributed by atoms with Crippen LogP contribution in [-0.2, 0) is 14.8 Å². The lowest BCUT2D eigenvalue weighted by atomic mass is 10.2. The number of hydrogen-bond acceptors (Lipinski definition) is 5. The number of nitrogens with zero attached hydrogens (tertiary/aromatic N) is 1. The van der Waals surface area contributed by atoms with Crippen LogP contribution in [0.4, 0.5) is 11.4 Å². The summed E-state index contributed by atoms with van der Waals surface area (Å²) in [6, 6.07) is 17.8. The Hall–Kier alpha value is -3.23. The van der Waals surface area contributed by atoms with Crippen LogP contribution < -0.4 is 19.1 Å². The van der Waals surface area contributed by atoms with E-state index in [4.69, 9.17) is 21.1 Å². The van der Waals surface area contributed by atoms with E-state index >= 15 is 0 Å². The maximum atomic E-state index is 13.7. The van der Waals surface area contributed by atoms with E-state index in [0.717, 1.165) is 9.87 Å². The zero-order valence-corrected chi connectivity index (χ0v) is 19.4. The Morgan fingerprint density at radius 3 is 2.22 bits per heavy atom. The van der Waals surface area contributed by atoms with Crippen LogP contribution in [-0.4, -0.2) is 35.1 Å². The number of carbonyl (C=O) groups excluding carboxylic acids is 1. The van der Waals surface area contributed by atoms with Crippen LogP contribution in [0.1, 0.15) is 5.56 Å².